The largest absolute Gasteiger partial charge is 0.466 e. The van der Waals surface area contributed by atoms with Crippen LogP contribution in [0, 0.1) is 5.92 Å². The van der Waals surface area contributed by atoms with Crippen molar-refractivity contribution >= 4 is 11.9 Å². The lowest BCUT2D eigenvalue weighted by molar-refractivity contribution is -0.149. The summed E-state index contributed by atoms with van der Waals surface area (Å²) in [6, 6.07) is 0.206. The quantitative estimate of drug-likeness (QED) is 0.459. The second-order valence-corrected chi connectivity index (χ2v) is 6.87. The molecule has 1 saturated heterocycles. The lowest BCUT2D eigenvalue weighted by atomic mass is 9.97. The number of nitrogens with one attached hydrogen (secondary N) is 1. The van der Waals surface area contributed by atoms with Gasteiger partial charge in [-0.2, -0.15) is 5.10 Å². The molecule has 26 heavy (non-hydrogen) atoms. The Morgan fingerprint density at radius 3 is 2.65 bits per heavy atom. The molecule has 0 spiro atoms. The van der Waals surface area contributed by atoms with Crippen molar-refractivity contribution in [1.82, 2.24) is 24.9 Å². The summed E-state index contributed by atoms with van der Waals surface area (Å²) in [5.74, 6) is 0.816. The van der Waals surface area contributed by atoms with Gasteiger partial charge < -0.3 is 19.9 Å². The number of hydrogen-bond acceptors (Lipinski definition) is 5. The van der Waals surface area contributed by atoms with Crippen molar-refractivity contribution in [3.63, 3.8) is 0 Å². The first-order valence-corrected chi connectivity index (χ1v) is 9.23. The molecule has 146 valence electrons. The number of rotatable bonds is 6. The first-order chi connectivity index (χ1) is 12.5. The van der Waals surface area contributed by atoms with Crippen LogP contribution in [-0.4, -0.2) is 78.9 Å². The Hall–Kier alpha value is -2.09. The molecule has 0 amide bonds. The number of ether oxygens (including phenoxy) is 1. The molecular weight excluding hydrogens is 332 g/mol. The molecule has 1 aromatic heterocycles. The lowest BCUT2D eigenvalue weighted by Gasteiger charge is -2.34. The van der Waals surface area contributed by atoms with Gasteiger partial charge in [-0.15, -0.1) is 0 Å². The Morgan fingerprint density at radius 1 is 1.46 bits per heavy atom. The number of likely N-dealkylation sites (N-methyl/N-ethyl adjacent to an activating group) is 1. The number of aromatic nitrogens is 2. The smallest absolute Gasteiger partial charge is 0.309 e. The zero-order valence-corrected chi connectivity index (χ0v) is 16.6. The second kappa shape index (κ2) is 9.56. The number of guanidine groups is 1. The van der Waals surface area contributed by atoms with Gasteiger partial charge in [0.1, 0.15) is 0 Å². The standard InChI is InChI=1S/C18H32N6O2/c1-6-26-17(25)14-7-9-24(10-8-14)18(19-2)20-12-16(22(3)4)15-11-21-23(5)13-15/h11,13-14,16H,6-10,12H2,1-5H3,(H,19,20). The zero-order chi connectivity index (χ0) is 19.1. The molecule has 8 nitrogen and oxygen atoms in total. The molecule has 0 saturated carbocycles. The van der Waals surface area contributed by atoms with E-state index in [4.69, 9.17) is 4.74 Å². The Balaban J connectivity index is 1.90. The van der Waals surface area contributed by atoms with E-state index < -0.39 is 0 Å². The van der Waals surface area contributed by atoms with Crippen molar-refractivity contribution in [3.8, 4) is 0 Å². The van der Waals surface area contributed by atoms with Gasteiger partial charge in [0.15, 0.2) is 5.96 Å². The Bertz CT molecular complexity index is 605. The highest BCUT2D eigenvalue weighted by Crippen LogP contribution is 2.20. The predicted molar refractivity (Wildman–Crippen MR) is 102 cm³/mol. The van der Waals surface area contributed by atoms with Gasteiger partial charge in [-0.25, -0.2) is 0 Å². The highest BCUT2D eigenvalue weighted by molar-refractivity contribution is 5.80. The highest BCUT2D eigenvalue weighted by Gasteiger charge is 2.27. The molecule has 1 aliphatic heterocycles. The van der Waals surface area contributed by atoms with Gasteiger partial charge in [0.2, 0.25) is 0 Å². The average Bonchev–Trinajstić information content (AvgIpc) is 3.05. The van der Waals surface area contributed by atoms with Crippen LogP contribution in [0.3, 0.4) is 0 Å². The van der Waals surface area contributed by atoms with Crippen molar-refractivity contribution in [2.45, 2.75) is 25.8 Å². The summed E-state index contributed by atoms with van der Waals surface area (Å²) in [4.78, 5) is 20.7. The number of likely N-dealkylation sites (tertiary alicyclic amines) is 1. The third kappa shape index (κ3) is 5.20. The van der Waals surface area contributed by atoms with Gasteiger partial charge in [0, 0.05) is 45.5 Å². The van der Waals surface area contributed by atoms with Crippen LogP contribution in [0.2, 0.25) is 0 Å². The van der Waals surface area contributed by atoms with E-state index in [1.54, 1.807) is 7.05 Å². The van der Waals surface area contributed by atoms with Gasteiger partial charge in [-0.3, -0.25) is 14.5 Å². The average molecular weight is 364 g/mol. The van der Waals surface area contributed by atoms with Crippen LogP contribution < -0.4 is 5.32 Å². The molecule has 1 unspecified atom stereocenters. The minimum Gasteiger partial charge on any atom is -0.466 e. The van der Waals surface area contributed by atoms with E-state index >= 15 is 0 Å². The fraction of sp³-hybridized carbons (Fsp3) is 0.722. The monoisotopic (exact) mass is 364 g/mol. The lowest BCUT2D eigenvalue weighted by Crippen LogP contribution is -2.48. The third-order valence-electron chi connectivity index (χ3n) is 4.81. The van der Waals surface area contributed by atoms with Crippen molar-refractivity contribution in [1.29, 1.82) is 0 Å². The van der Waals surface area contributed by atoms with Crippen LogP contribution in [0.4, 0.5) is 0 Å². The van der Waals surface area contributed by atoms with E-state index in [1.165, 1.54) is 5.56 Å². The van der Waals surface area contributed by atoms with Gasteiger partial charge in [0.25, 0.3) is 0 Å². The fourth-order valence-corrected chi connectivity index (χ4v) is 3.32. The van der Waals surface area contributed by atoms with E-state index in [0.717, 1.165) is 38.4 Å². The minimum atomic E-state index is -0.0701. The van der Waals surface area contributed by atoms with E-state index in [2.05, 4.69) is 39.3 Å². The number of carbonyl (C=O) groups excluding carboxylic acids is 1. The SMILES string of the molecule is CCOC(=O)C1CCN(C(=NC)NCC(c2cnn(C)c2)N(C)C)CC1. The fourth-order valence-electron chi connectivity index (χ4n) is 3.32. The van der Waals surface area contributed by atoms with Crippen molar-refractivity contribution in [2.24, 2.45) is 18.0 Å². The number of aryl methyl sites for hydroxylation is 1. The topological polar surface area (TPSA) is 75.0 Å². The van der Waals surface area contributed by atoms with Crippen LogP contribution >= 0.6 is 0 Å². The molecule has 2 heterocycles. The molecule has 0 aliphatic carbocycles. The van der Waals surface area contributed by atoms with Gasteiger partial charge in [-0.1, -0.05) is 0 Å². The first-order valence-electron chi connectivity index (χ1n) is 9.23. The Labute approximate surface area is 156 Å². The van der Waals surface area contributed by atoms with Crippen LogP contribution in [0.15, 0.2) is 17.4 Å². The van der Waals surface area contributed by atoms with Crippen molar-refractivity contribution < 1.29 is 9.53 Å². The summed E-state index contributed by atoms with van der Waals surface area (Å²) >= 11 is 0. The molecule has 1 atom stereocenters. The third-order valence-corrected chi connectivity index (χ3v) is 4.81. The Morgan fingerprint density at radius 2 is 2.15 bits per heavy atom. The summed E-state index contributed by atoms with van der Waals surface area (Å²) in [6.45, 7) is 4.65. The van der Waals surface area contributed by atoms with Crippen molar-refractivity contribution in [2.75, 3.05) is 47.4 Å². The van der Waals surface area contributed by atoms with Crippen LogP contribution in [0.5, 0.6) is 0 Å². The molecule has 1 aliphatic rings. The van der Waals surface area contributed by atoms with E-state index in [0.29, 0.717) is 6.61 Å². The van der Waals surface area contributed by atoms with Crippen molar-refractivity contribution in [3.05, 3.63) is 18.0 Å². The molecule has 1 aromatic rings. The maximum Gasteiger partial charge on any atom is 0.309 e. The van der Waals surface area contributed by atoms with E-state index in [1.807, 2.05) is 31.0 Å². The Kier molecular flexibility index (Phi) is 7.44. The van der Waals surface area contributed by atoms with Crippen LogP contribution in [0.25, 0.3) is 0 Å². The number of nitrogens with zero attached hydrogens (tertiary/aromatic N) is 5. The number of esters is 1. The molecule has 2 rings (SSSR count). The van der Waals surface area contributed by atoms with E-state index in [9.17, 15) is 4.79 Å². The maximum atomic E-state index is 11.9. The highest BCUT2D eigenvalue weighted by atomic mass is 16.5. The molecule has 0 aromatic carbocycles. The summed E-state index contributed by atoms with van der Waals surface area (Å²) in [5.41, 5.74) is 1.17. The normalized spacial score (nSPS) is 17.5. The summed E-state index contributed by atoms with van der Waals surface area (Å²) < 4.78 is 6.96. The molecule has 1 fully saturated rings. The second-order valence-electron chi connectivity index (χ2n) is 6.87. The molecule has 8 heteroatoms. The van der Waals surface area contributed by atoms with Crippen LogP contribution in [-0.2, 0) is 16.6 Å². The molecule has 0 radical (unpaired) electrons. The summed E-state index contributed by atoms with van der Waals surface area (Å²) in [7, 11) is 7.85. The number of aliphatic imine (C=N–C) groups is 1. The number of carbonyl (C=O) groups is 1. The van der Waals surface area contributed by atoms with Crippen LogP contribution in [0.1, 0.15) is 31.4 Å². The molecule has 0 bridgehead atoms. The zero-order valence-electron chi connectivity index (χ0n) is 16.6. The summed E-state index contributed by atoms with van der Waals surface area (Å²) in [5, 5.41) is 7.75. The van der Waals surface area contributed by atoms with Gasteiger partial charge in [0.05, 0.1) is 24.8 Å². The maximum absolute atomic E-state index is 11.9. The number of hydrogen-bond donors (Lipinski definition) is 1. The first kappa shape index (κ1) is 20.2. The number of piperidine rings is 1. The molecule has 1 N–H and O–H groups in total. The predicted octanol–water partition coefficient (Wildman–Crippen LogP) is 0.873. The van der Waals surface area contributed by atoms with E-state index in [-0.39, 0.29) is 17.9 Å². The summed E-state index contributed by atoms with van der Waals surface area (Å²) in [6.07, 6.45) is 5.55. The molecular formula is C18H32N6O2. The van der Waals surface area contributed by atoms with Gasteiger partial charge >= 0.3 is 5.97 Å². The minimum absolute atomic E-state index is 0.00854. The van der Waals surface area contributed by atoms with Gasteiger partial charge in [-0.05, 0) is 33.9 Å².